The lowest BCUT2D eigenvalue weighted by Crippen LogP contribution is -1.99. The van der Waals surface area contributed by atoms with E-state index in [1.807, 2.05) is 72.9 Å². The number of anilines is 2. The van der Waals surface area contributed by atoms with Crippen LogP contribution in [-0.4, -0.2) is 19.9 Å². The van der Waals surface area contributed by atoms with Crippen LogP contribution in [0.1, 0.15) is 22.4 Å². The van der Waals surface area contributed by atoms with Crippen molar-refractivity contribution in [3.63, 3.8) is 0 Å². The van der Waals surface area contributed by atoms with Gasteiger partial charge in [0, 0.05) is 40.7 Å². The second-order valence-corrected chi connectivity index (χ2v) is 8.50. The molecule has 34 heavy (non-hydrogen) atoms. The fraction of sp³-hybridized carbons (Fsp3) is 0.0370. The van der Waals surface area contributed by atoms with E-state index in [2.05, 4.69) is 49.2 Å². The number of rotatable bonds is 5. The molecule has 2 N–H and O–H groups in total. The van der Waals surface area contributed by atoms with Crippen molar-refractivity contribution in [3.05, 3.63) is 100 Å². The third-order valence-corrected chi connectivity index (χ3v) is 5.98. The van der Waals surface area contributed by atoms with Gasteiger partial charge in [-0.3, -0.25) is 4.98 Å². The molecule has 0 saturated carbocycles. The van der Waals surface area contributed by atoms with Crippen molar-refractivity contribution in [2.45, 2.75) is 6.92 Å². The van der Waals surface area contributed by atoms with E-state index in [1.165, 1.54) is 0 Å². The molecule has 0 aliphatic heterocycles. The summed E-state index contributed by atoms with van der Waals surface area (Å²) >= 11 is 3.41. The number of aryl methyl sites for hydroxylation is 1. The second kappa shape index (κ2) is 9.30. The van der Waals surface area contributed by atoms with Crippen LogP contribution in [0.3, 0.4) is 0 Å². The van der Waals surface area contributed by atoms with E-state index < -0.39 is 0 Å². The Balaban J connectivity index is 1.50. The Hall–Kier alpha value is -4.28. The van der Waals surface area contributed by atoms with E-state index in [1.54, 1.807) is 12.4 Å². The monoisotopic (exact) mass is 506 g/mol. The molecule has 5 rings (SSSR count). The number of hydrogen-bond acceptors (Lipinski definition) is 5. The summed E-state index contributed by atoms with van der Waals surface area (Å²) < 4.78 is 0.760. The lowest BCUT2D eigenvalue weighted by molar-refractivity contribution is 1.21. The Labute approximate surface area is 205 Å². The molecule has 5 aromatic rings. The van der Waals surface area contributed by atoms with Crippen molar-refractivity contribution in [1.29, 1.82) is 5.26 Å². The first-order chi connectivity index (χ1) is 16.6. The first kappa shape index (κ1) is 21.6. The average Bonchev–Trinajstić information content (AvgIpc) is 3.35. The van der Waals surface area contributed by atoms with Crippen LogP contribution in [0, 0.1) is 18.3 Å². The van der Waals surface area contributed by atoms with Gasteiger partial charge in [-0.1, -0.05) is 12.1 Å². The third kappa shape index (κ3) is 4.32. The van der Waals surface area contributed by atoms with Gasteiger partial charge in [-0.25, -0.2) is 9.97 Å². The zero-order valence-electron chi connectivity index (χ0n) is 18.2. The van der Waals surface area contributed by atoms with E-state index in [-0.39, 0.29) is 0 Å². The summed E-state index contributed by atoms with van der Waals surface area (Å²) in [5.41, 5.74) is 7.42. The molecule has 0 saturated heterocycles. The average molecular weight is 507 g/mol. The predicted octanol–water partition coefficient (Wildman–Crippen LogP) is 6.88. The topological polar surface area (TPSA) is 90.3 Å². The van der Waals surface area contributed by atoms with Gasteiger partial charge in [-0.15, -0.1) is 0 Å². The van der Waals surface area contributed by atoms with Crippen LogP contribution in [0.4, 0.5) is 11.4 Å². The summed E-state index contributed by atoms with van der Waals surface area (Å²) in [6, 6.07) is 19.9. The SMILES string of the molecule is Cc1c(Nc2c(C#N)cncc2/C=C/c2cccc(-c3cccc(Br)n3)n2)ccc2[nH]ccc12. The Morgan fingerprint density at radius 1 is 0.971 bits per heavy atom. The van der Waals surface area contributed by atoms with Crippen LogP contribution in [0.25, 0.3) is 34.4 Å². The fourth-order valence-electron chi connectivity index (χ4n) is 3.79. The highest BCUT2D eigenvalue weighted by Gasteiger charge is 2.11. The number of halogens is 1. The maximum atomic E-state index is 9.72. The van der Waals surface area contributed by atoms with E-state index in [0.717, 1.165) is 49.4 Å². The second-order valence-electron chi connectivity index (χ2n) is 7.69. The minimum atomic E-state index is 0.468. The van der Waals surface area contributed by atoms with Crippen molar-refractivity contribution < 1.29 is 0 Å². The Kier molecular flexibility index (Phi) is 5.90. The Morgan fingerprint density at radius 2 is 1.79 bits per heavy atom. The van der Waals surface area contributed by atoms with Crippen LogP contribution < -0.4 is 5.32 Å². The largest absolute Gasteiger partial charge is 0.361 e. The van der Waals surface area contributed by atoms with Gasteiger partial charge < -0.3 is 10.3 Å². The summed E-state index contributed by atoms with van der Waals surface area (Å²) in [5, 5.41) is 14.3. The zero-order valence-corrected chi connectivity index (χ0v) is 19.8. The fourth-order valence-corrected chi connectivity index (χ4v) is 4.14. The molecule has 0 fully saturated rings. The third-order valence-electron chi connectivity index (χ3n) is 5.54. The van der Waals surface area contributed by atoms with Crippen LogP contribution in [-0.2, 0) is 0 Å². The molecule has 4 heterocycles. The number of nitrogens with one attached hydrogen (secondary N) is 2. The molecule has 0 aliphatic rings. The molecular weight excluding hydrogens is 488 g/mol. The minimum absolute atomic E-state index is 0.468. The van der Waals surface area contributed by atoms with Crippen LogP contribution in [0.15, 0.2) is 77.8 Å². The molecule has 0 radical (unpaired) electrons. The molecule has 164 valence electrons. The summed E-state index contributed by atoms with van der Waals surface area (Å²) in [6.07, 6.45) is 9.06. The van der Waals surface area contributed by atoms with Gasteiger partial charge in [0.25, 0.3) is 0 Å². The molecule has 0 spiro atoms. The smallest absolute Gasteiger partial charge is 0.106 e. The number of pyridine rings is 3. The van der Waals surface area contributed by atoms with Gasteiger partial charge >= 0.3 is 0 Å². The minimum Gasteiger partial charge on any atom is -0.361 e. The number of nitrogens with zero attached hydrogens (tertiary/aromatic N) is 4. The molecular formula is C27H19BrN6. The summed E-state index contributed by atoms with van der Waals surface area (Å²) in [6.45, 7) is 2.06. The van der Waals surface area contributed by atoms with E-state index >= 15 is 0 Å². The summed E-state index contributed by atoms with van der Waals surface area (Å²) in [5.74, 6) is 0. The molecule has 0 bridgehead atoms. The first-order valence-electron chi connectivity index (χ1n) is 10.6. The van der Waals surface area contributed by atoms with Crippen molar-refractivity contribution in [2.75, 3.05) is 5.32 Å². The molecule has 4 aromatic heterocycles. The normalized spacial score (nSPS) is 11.1. The van der Waals surface area contributed by atoms with Gasteiger partial charge in [-0.2, -0.15) is 5.26 Å². The number of benzene rings is 1. The number of aromatic amines is 1. The quantitative estimate of drug-likeness (QED) is 0.253. The summed E-state index contributed by atoms with van der Waals surface area (Å²) in [4.78, 5) is 16.7. The van der Waals surface area contributed by atoms with Crippen molar-refractivity contribution in [1.82, 2.24) is 19.9 Å². The Morgan fingerprint density at radius 3 is 2.62 bits per heavy atom. The number of aromatic nitrogens is 4. The van der Waals surface area contributed by atoms with Gasteiger partial charge in [0.2, 0.25) is 0 Å². The van der Waals surface area contributed by atoms with E-state index in [9.17, 15) is 5.26 Å². The maximum absolute atomic E-state index is 9.72. The zero-order chi connectivity index (χ0) is 23.5. The van der Waals surface area contributed by atoms with E-state index in [4.69, 9.17) is 4.98 Å². The Bertz CT molecular complexity index is 1580. The van der Waals surface area contributed by atoms with Crippen molar-refractivity contribution in [2.24, 2.45) is 0 Å². The van der Waals surface area contributed by atoms with Gasteiger partial charge in [0.05, 0.1) is 28.3 Å². The molecule has 0 amide bonds. The highest BCUT2D eigenvalue weighted by Crippen LogP contribution is 2.31. The molecule has 1 aromatic carbocycles. The van der Waals surface area contributed by atoms with Crippen molar-refractivity contribution >= 4 is 50.4 Å². The number of H-pyrrole nitrogens is 1. The highest BCUT2D eigenvalue weighted by atomic mass is 79.9. The number of nitriles is 1. The first-order valence-corrected chi connectivity index (χ1v) is 11.4. The standard InChI is InChI=1S/C27H19BrN6/c1-17-21-12-13-31-23(21)11-10-22(17)34-27-18(15-30-16-19(27)14-29)8-9-20-4-2-5-24(32-20)25-6-3-7-26(28)33-25/h2-13,15-16,31H,1H3,(H,30,34)/b9-8+. The van der Waals surface area contributed by atoms with Gasteiger partial charge in [0.15, 0.2) is 0 Å². The molecule has 0 aliphatic carbocycles. The van der Waals surface area contributed by atoms with E-state index in [0.29, 0.717) is 11.3 Å². The molecule has 0 atom stereocenters. The number of fused-ring (bicyclic) bond motifs is 1. The van der Waals surface area contributed by atoms with Crippen LogP contribution in [0.5, 0.6) is 0 Å². The lowest BCUT2D eigenvalue weighted by atomic mass is 10.1. The lowest BCUT2D eigenvalue weighted by Gasteiger charge is -2.14. The van der Waals surface area contributed by atoms with Gasteiger partial charge in [0.1, 0.15) is 10.7 Å². The molecule has 7 heteroatoms. The maximum Gasteiger partial charge on any atom is 0.106 e. The number of hydrogen-bond donors (Lipinski definition) is 2. The molecule has 6 nitrogen and oxygen atoms in total. The highest BCUT2D eigenvalue weighted by molar-refractivity contribution is 9.10. The van der Waals surface area contributed by atoms with Crippen LogP contribution in [0.2, 0.25) is 0 Å². The van der Waals surface area contributed by atoms with Crippen LogP contribution >= 0.6 is 15.9 Å². The van der Waals surface area contributed by atoms with Crippen molar-refractivity contribution in [3.8, 4) is 17.5 Å². The van der Waals surface area contributed by atoms with Gasteiger partial charge in [-0.05, 0) is 83.0 Å². The predicted molar refractivity (Wildman–Crippen MR) is 139 cm³/mol. The molecule has 0 unspecified atom stereocenters. The summed E-state index contributed by atoms with van der Waals surface area (Å²) in [7, 11) is 0.